The van der Waals surface area contributed by atoms with E-state index < -0.39 is 5.82 Å². The number of amides is 2. The zero-order valence-corrected chi connectivity index (χ0v) is 22.5. The van der Waals surface area contributed by atoms with Crippen LogP contribution in [0.3, 0.4) is 0 Å². The summed E-state index contributed by atoms with van der Waals surface area (Å²) in [6, 6.07) is 20.9. The average Bonchev–Trinajstić information content (AvgIpc) is 3.41. The number of nitrogens with one attached hydrogen (secondary N) is 1. The fourth-order valence-electron chi connectivity index (χ4n) is 4.06. The van der Waals surface area contributed by atoms with Crippen LogP contribution >= 0.6 is 27.7 Å². The number of piperazine rings is 1. The van der Waals surface area contributed by atoms with E-state index in [4.69, 9.17) is 4.42 Å². The lowest BCUT2D eigenvalue weighted by Gasteiger charge is -2.36. The number of anilines is 2. The van der Waals surface area contributed by atoms with Gasteiger partial charge in [-0.15, -0.1) is 10.2 Å². The summed E-state index contributed by atoms with van der Waals surface area (Å²) in [6.45, 7) is 2.42. The van der Waals surface area contributed by atoms with Gasteiger partial charge >= 0.3 is 0 Å². The highest BCUT2D eigenvalue weighted by Crippen LogP contribution is 2.26. The predicted octanol–water partition coefficient (Wildman–Crippen LogP) is 5.33. The summed E-state index contributed by atoms with van der Waals surface area (Å²) in [5, 5.41) is 11.2. The Bertz CT molecular complexity index is 1440. The Hall–Kier alpha value is -3.70. The molecule has 8 nitrogen and oxygen atoms in total. The van der Waals surface area contributed by atoms with Gasteiger partial charge in [0.1, 0.15) is 5.82 Å². The molecule has 1 aromatic heterocycles. The first-order valence-corrected chi connectivity index (χ1v) is 13.6. The van der Waals surface area contributed by atoms with Gasteiger partial charge in [0.15, 0.2) is 0 Å². The monoisotopic (exact) mass is 595 g/mol. The maximum atomic E-state index is 13.5. The van der Waals surface area contributed by atoms with Crippen LogP contribution in [0, 0.1) is 5.82 Å². The van der Waals surface area contributed by atoms with Crippen molar-refractivity contribution in [3.8, 4) is 11.5 Å². The standard InChI is InChI=1S/C27H23BrFN5O3S/c28-20-5-1-3-18(15-20)25-31-32-27(37-25)38-17-24(35)30-22-7-9-23(10-8-22)33-11-13-34(14-12-33)26(36)19-4-2-6-21(29)16-19/h1-10,15-16H,11-14,17H2,(H,30,35). The lowest BCUT2D eigenvalue weighted by Crippen LogP contribution is -2.48. The second-order valence-corrected chi connectivity index (χ2v) is 10.4. The Labute approximate surface area is 231 Å². The number of nitrogens with zero attached hydrogens (tertiary/aromatic N) is 4. The van der Waals surface area contributed by atoms with Crippen molar-refractivity contribution in [3.05, 3.63) is 88.6 Å². The highest BCUT2D eigenvalue weighted by Gasteiger charge is 2.22. The van der Waals surface area contributed by atoms with E-state index in [1.54, 1.807) is 17.0 Å². The third kappa shape index (κ3) is 6.40. The number of hydrogen-bond donors (Lipinski definition) is 1. The first kappa shape index (κ1) is 25.9. The SMILES string of the molecule is O=C(CSc1nnc(-c2cccc(Br)c2)o1)Nc1ccc(N2CCN(C(=O)c3cccc(F)c3)CC2)cc1. The summed E-state index contributed by atoms with van der Waals surface area (Å²) in [5.41, 5.74) is 2.84. The molecular weight excluding hydrogens is 573 g/mol. The number of rotatable bonds is 7. The summed E-state index contributed by atoms with van der Waals surface area (Å²) < 4.78 is 20.0. The summed E-state index contributed by atoms with van der Waals surface area (Å²) in [6.07, 6.45) is 0. The molecule has 0 aliphatic carbocycles. The fraction of sp³-hybridized carbons (Fsp3) is 0.185. The molecule has 1 aliphatic heterocycles. The summed E-state index contributed by atoms with van der Waals surface area (Å²) >= 11 is 4.59. The van der Waals surface area contributed by atoms with Gasteiger partial charge in [0.05, 0.1) is 5.75 Å². The molecule has 0 spiro atoms. The highest BCUT2D eigenvalue weighted by molar-refractivity contribution is 9.10. The quantitative estimate of drug-likeness (QED) is 0.289. The molecule has 0 radical (unpaired) electrons. The molecule has 1 aliphatic rings. The number of carbonyl (C=O) groups is 2. The molecule has 1 fully saturated rings. The van der Waals surface area contributed by atoms with Gasteiger partial charge in [-0.25, -0.2) is 4.39 Å². The van der Waals surface area contributed by atoms with Gasteiger partial charge in [-0.3, -0.25) is 9.59 Å². The molecule has 0 atom stereocenters. The average molecular weight is 596 g/mol. The minimum Gasteiger partial charge on any atom is -0.411 e. The molecule has 1 saturated heterocycles. The maximum Gasteiger partial charge on any atom is 0.277 e. The topological polar surface area (TPSA) is 91.6 Å². The number of aromatic nitrogens is 2. The van der Waals surface area contributed by atoms with Crippen molar-refractivity contribution in [3.63, 3.8) is 0 Å². The molecule has 38 heavy (non-hydrogen) atoms. The van der Waals surface area contributed by atoms with E-state index in [9.17, 15) is 14.0 Å². The van der Waals surface area contributed by atoms with E-state index in [0.717, 1.165) is 15.7 Å². The van der Waals surface area contributed by atoms with Gasteiger partial charge in [-0.05, 0) is 60.7 Å². The van der Waals surface area contributed by atoms with Crippen LogP contribution in [0.2, 0.25) is 0 Å². The largest absolute Gasteiger partial charge is 0.411 e. The van der Waals surface area contributed by atoms with Crippen molar-refractivity contribution < 1.29 is 18.4 Å². The number of hydrogen-bond acceptors (Lipinski definition) is 7. The molecule has 0 unspecified atom stereocenters. The lowest BCUT2D eigenvalue weighted by molar-refractivity contribution is -0.113. The zero-order chi connectivity index (χ0) is 26.5. The van der Waals surface area contributed by atoms with Gasteiger partial charge < -0.3 is 19.5 Å². The number of thioether (sulfide) groups is 1. The van der Waals surface area contributed by atoms with E-state index in [1.807, 2.05) is 48.5 Å². The van der Waals surface area contributed by atoms with Crippen molar-refractivity contribution in [2.75, 3.05) is 42.1 Å². The second kappa shape index (κ2) is 11.8. The number of benzene rings is 3. The van der Waals surface area contributed by atoms with E-state index in [1.165, 1.54) is 23.9 Å². The number of carbonyl (C=O) groups excluding carboxylic acids is 2. The maximum absolute atomic E-state index is 13.5. The Kier molecular flexibility index (Phi) is 8.04. The Morgan fingerprint density at radius 2 is 1.74 bits per heavy atom. The molecule has 2 heterocycles. The molecule has 194 valence electrons. The molecule has 4 aromatic rings. The minimum absolute atomic E-state index is 0.128. The molecule has 3 aromatic carbocycles. The zero-order valence-electron chi connectivity index (χ0n) is 20.1. The smallest absolute Gasteiger partial charge is 0.277 e. The van der Waals surface area contributed by atoms with Gasteiger partial charge in [-0.2, -0.15) is 0 Å². The van der Waals surface area contributed by atoms with Gasteiger partial charge in [-0.1, -0.05) is 39.8 Å². The highest BCUT2D eigenvalue weighted by atomic mass is 79.9. The van der Waals surface area contributed by atoms with Gasteiger partial charge in [0, 0.05) is 53.2 Å². The van der Waals surface area contributed by atoms with Crippen LogP contribution in [0.15, 0.2) is 86.9 Å². The molecular formula is C27H23BrFN5O3S. The van der Waals surface area contributed by atoms with Crippen molar-refractivity contribution >= 4 is 50.9 Å². The van der Waals surface area contributed by atoms with Crippen LogP contribution in [0.5, 0.6) is 0 Å². The Balaban J connectivity index is 1.09. The summed E-state index contributed by atoms with van der Waals surface area (Å²) in [5.74, 6) is -0.243. The van der Waals surface area contributed by atoms with Crippen molar-refractivity contribution in [1.29, 1.82) is 0 Å². The first-order chi connectivity index (χ1) is 18.4. The predicted molar refractivity (Wildman–Crippen MR) is 148 cm³/mol. The molecule has 0 saturated carbocycles. The van der Waals surface area contributed by atoms with Crippen LogP contribution in [0.1, 0.15) is 10.4 Å². The normalized spacial score (nSPS) is 13.4. The lowest BCUT2D eigenvalue weighted by atomic mass is 10.1. The minimum atomic E-state index is -0.416. The second-order valence-electron chi connectivity index (χ2n) is 8.56. The first-order valence-electron chi connectivity index (χ1n) is 11.9. The molecule has 1 N–H and O–H groups in total. The van der Waals surface area contributed by atoms with Crippen molar-refractivity contribution in [2.24, 2.45) is 0 Å². The molecule has 2 amide bonds. The van der Waals surface area contributed by atoms with E-state index in [2.05, 4.69) is 36.3 Å². The van der Waals surface area contributed by atoms with Gasteiger partial charge in [0.25, 0.3) is 11.1 Å². The Morgan fingerprint density at radius 1 is 0.974 bits per heavy atom. The Morgan fingerprint density at radius 3 is 2.47 bits per heavy atom. The van der Waals surface area contributed by atoms with Crippen LogP contribution in [0.4, 0.5) is 15.8 Å². The summed E-state index contributed by atoms with van der Waals surface area (Å²) in [4.78, 5) is 29.0. The van der Waals surface area contributed by atoms with Gasteiger partial charge in [0.2, 0.25) is 11.8 Å². The van der Waals surface area contributed by atoms with E-state index >= 15 is 0 Å². The van der Waals surface area contributed by atoms with Crippen molar-refractivity contribution in [2.45, 2.75) is 5.22 Å². The third-order valence-corrected chi connectivity index (χ3v) is 7.27. The number of halogens is 2. The summed E-state index contributed by atoms with van der Waals surface area (Å²) in [7, 11) is 0. The third-order valence-electron chi connectivity index (χ3n) is 5.96. The van der Waals surface area contributed by atoms with Crippen LogP contribution in [0.25, 0.3) is 11.5 Å². The molecule has 0 bridgehead atoms. The molecule has 5 rings (SSSR count). The van der Waals surface area contributed by atoms with E-state index in [-0.39, 0.29) is 17.6 Å². The fourth-order valence-corrected chi connectivity index (χ4v) is 5.02. The molecule has 11 heteroatoms. The van der Waals surface area contributed by atoms with Crippen LogP contribution < -0.4 is 10.2 Å². The van der Waals surface area contributed by atoms with Crippen molar-refractivity contribution in [1.82, 2.24) is 15.1 Å². The van der Waals surface area contributed by atoms with E-state index in [0.29, 0.717) is 48.5 Å². The van der Waals surface area contributed by atoms with Crippen LogP contribution in [-0.4, -0.2) is 58.8 Å². The van der Waals surface area contributed by atoms with Crippen LogP contribution in [-0.2, 0) is 4.79 Å².